The molecule has 2 aliphatic heterocycles. The molecule has 0 bridgehead atoms. The SMILES string of the molecule is FC1=CC=C(C2=CCNCC2)NC1OCc1nc2ccc(Cl)cc2s1. The normalized spacial score (nSPS) is 20.7. The van der Waals surface area contributed by atoms with Crippen LogP contribution in [0.15, 0.2) is 53.5 Å². The largest absolute Gasteiger partial charge is 0.354 e. The predicted molar refractivity (Wildman–Crippen MR) is 99.2 cm³/mol. The molecule has 1 aromatic carbocycles. The molecule has 0 spiro atoms. The molecule has 25 heavy (non-hydrogen) atoms. The Morgan fingerprint density at radius 1 is 1.36 bits per heavy atom. The minimum atomic E-state index is -0.786. The zero-order valence-corrected chi connectivity index (χ0v) is 15.0. The fourth-order valence-corrected chi connectivity index (χ4v) is 4.03. The number of hydrogen-bond acceptors (Lipinski definition) is 5. The molecule has 2 aromatic rings. The van der Waals surface area contributed by atoms with E-state index in [-0.39, 0.29) is 12.4 Å². The highest BCUT2D eigenvalue weighted by Crippen LogP contribution is 2.27. The van der Waals surface area contributed by atoms with Crippen molar-refractivity contribution in [2.24, 2.45) is 0 Å². The summed E-state index contributed by atoms with van der Waals surface area (Å²) in [4.78, 5) is 4.50. The highest BCUT2D eigenvalue weighted by atomic mass is 35.5. The van der Waals surface area contributed by atoms with Gasteiger partial charge in [0.05, 0.1) is 10.2 Å². The quantitative estimate of drug-likeness (QED) is 0.843. The van der Waals surface area contributed by atoms with Gasteiger partial charge in [0, 0.05) is 17.3 Å². The Balaban J connectivity index is 1.44. The van der Waals surface area contributed by atoms with E-state index in [4.69, 9.17) is 16.3 Å². The van der Waals surface area contributed by atoms with Crippen LogP contribution in [-0.4, -0.2) is 24.3 Å². The third-order valence-corrected chi connectivity index (χ3v) is 5.35. The van der Waals surface area contributed by atoms with E-state index in [2.05, 4.69) is 21.7 Å². The predicted octanol–water partition coefficient (Wildman–Crippen LogP) is 4.05. The first-order valence-corrected chi connectivity index (χ1v) is 9.29. The van der Waals surface area contributed by atoms with Crippen molar-refractivity contribution in [3.8, 4) is 0 Å². The molecular formula is C18H17ClFN3OS. The Morgan fingerprint density at radius 2 is 2.28 bits per heavy atom. The molecule has 2 N–H and O–H groups in total. The van der Waals surface area contributed by atoms with E-state index in [0.29, 0.717) is 5.02 Å². The van der Waals surface area contributed by atoms with Gasteiger partial charge >= 0.3 is 0 Å². The Kier molecular flexibility index (Phi) is 4.85. The molecule has 0 fully saturated rings. The number of nitrogens with one attached hydrogen (secondary N) is 2. The number of dihydropyridines is 1. The number of halogens is 2. The molecule has 4 rings (SSSR count). The molecule has 4 nitrogen and oxygen atoms in total. The van der Waals surface area contributed by atoms with Gasteiger partial charge in [-0.15, -0.1) is 11.3 Å². The molecule has 0 saturated heterocycles. The van der Waals surface area contributed by atoms with Crippen LogP contribution in [-0.2, 0) is 11.3 Å². The number of thiazole rings is 1. The first-order chi connectivity index (χ1) is 12.2. The third-order valence-electron chi connectivity index (χ3n) is 4.12. The van der Waals surface area contributed by atoms with Gasteiger partial charge in [0.2, 0.25) is 0 Å². The van der Waals surface area contributed by atoms with Gasteiger partial charge in [0.25, 0.3) is 0 Å². The van der Waals surface area contributed by atoms with Crippen molar-refractivity contribution in [3.63, 3.8) is 0 Å². The summed E-state index contributed by atoms with van der Waals surface area (Å²) >= 11 is 7.51. The van der Waals surface area contributed by atoms with Crippen LogP contribution in [0.1, 0.15) is 11.4 Å². The summed E-state index contributed by atoms with van der Waals surface area (Å²) in [5, 5.41) is 7.88. The van der Waals surface area contributed by atoms with Gasteiger partial charge in [-0.3, -0.25) is 0 Å². The van der Waals surface area contributed by atoms with Crippen LogP contribution in [0.25, 0.3) is 10.2 Å². The third kappa shape index (κ3) is 3.77. The molecule has 0 amide bonds. The van der Waals surface area contributed by atoms with Gasteiger partial charge in [-0.25, -0.2) is 9.37 Å². The lowest BCUT2D eigenvalue weighted by Crippen LogP contribution is -2.35. The van der Waals surface area contributed by atoms with Crippen LogP contribution in [0.2, 0.25) is 5.02 Å². The zero-order valence-electron chi connectivity index (χ0n) is 13.4. The molecule has 0 aliphatic carbocycles. The zero-order chi connectivity index (χ0) is 17.2. The summed E-state index contributed by atoms with van der Waals surface area (Å²) in [6.07, 6.45) is 5.49. The summed E-state index contributed by atoms with van der Waals surface area (Å²) < 4.78 is 20.8. The number of allylic oxidation sites excluding steroid dienone is 3. The van der Waals surface area contributed by atoms with E-state index in [1.165, 1.54) is 23.0 Å². The second kappa shape index (κ2) is 7.25. The number of rotatable bonds is 4. The Labute approximate surface area is 154 Å². The van der Waals surface area contributed by atoms with E-state index in [9.17, 15) is 4.39 Å². The van der Waals surface area contributed by atoms with Crippen LogP contribution in [0.3, 0.4) is 0 Å². The summed E-state index contributed by atoms with van der Waals surface area (Å²) in [6.45, 7) is 2.00. The van der Waals surface area contributed by atoms with Gasteiger partial charge in [-0.2, -0.15) is 0 Å². The fraction of sp³-hybridized carbons (Fsp3) is 0.278. The van der Waals surface area contributed by atoms with Crippen molar-refractivity contribution in [1.29, 1.82) is 0 Å². The Bertz CT molecular complexity index is 890. The maximum absolute atomic E-state index is 14.1. The minimum Gasteiger partial charge on any atom is -0.354 e. The van der Waals surface area contributed by atoms with Gasteiger partial charge in [-0.05, 0) is 48.9 Å². The molecular weight excluding hydrogens is 361 g/mol. The smallest absolute Gasteiger partial charge is 0.181 e. The lowest BCUT2D eigenvalue weighted by atomic mass is 10.0. The first-order valence-electron chi connectivity index (χ1n) is 8.10. The van der Waals surface area contributed by atoms with Crippen LogP contribution >= 0.6 is 22.9 Å². The van der Waals surface area contributed by atoms with Crippen molar-refractivity contribution in [3.05, 3.63) is 63.6 Å². The standard InChI is InChI=1S/C18H17ClFN3OS/c19-12-1-3-15-16(9-12)25-17(22-15)10-24-18-13(20)2-4-14(23-18)11-5-7-21-8-6-11/h1-5,9,18,21,23H,6-8,10H2. The molecule has 2 aliphatic rings. The molecule has 130 valence electrons. The average Bonchev–Trinajstić information content (AvgIpc) is 3.03. The number of benzene rings is 1. The number of ether oxygens (including phenoxy) is 1. The molecule has 3 heterocycles. The highest BCUT2D eigenvalue weighted by Gasteiger charge is 2.22. The molecule has 7 heteroatoms. The van der Waals surface area contributed by atoms with E-state index < -0.39 is 6.23 Å². The summed E-state index contributed by atoms with van der Waals surface area (Å²) in [7, 11) is 0. The Morgan fingerprint density at radius 3 is 3.12 bits per heavy atom. The van der Waals surface area contributed by atoms with Crippen LogP contribution in [0, 0.1) is 0 Å². The lowest BCUT2D eigenvalue weighted by Gasteiger charge is -2.26. The van der Waals surface area contributed by atoms with Crippen molar-refractivity contribution < 1.29 is 9.13 Å². The second-order valence-electron chi connectivity index (χ2n) is 5.87. The average molecular weight is 378 g/mol. The van der Waals surface area contributed by atoms with E-state index in [1.807, 2.05) is 18.2 Å². The van der Waals surface area contributed by atoms with Gasteiger partial charge in [0.1, 0.15) is 17.4 Å². The van der Waals surface area contributed by atoms with Crippen LogP contribution in [0.4, 0.5) is 4.39 Å². The summed E-state index contributed by atoms with van der Waals surface area (Å²) in [6, 6.07) is 5.56. The minimum absolute atomic E-state index is 0.240. The summed E-state index contributed by atoms with van der Waals surface area (Å²) in [5.41, 5.74) is 2.98. The molecule has 1 unspecified atom stereocenters. The van der Waals surface area contributed by atoms with Gasteiger partial charge < -0.3 is 15.4 Å². The Hall–Kier alpha value is -1.73. The van der Waals surface area contributed by atoms with E-state index in [0.717, 1.165) is 40.4 Å². The molecule has 1 aromatic heterocycles. The number of aromatic nitrogens is 1. The highest BCUT2D eigenvalue weighted by molar-refractivity contribution is 7.18. The maximum atomic E-state index is 14.1. The number of nitrogens with zero attached hydrogens (tertiary/aromatic N) is 1. The van der Waals surface area contributed by atoms with Gasteiger partial charge in [0.15, 0.2) is 6.23 Å². The van der Waals surface area contributed by atoms with Crippen molar-refractivity contribution in [2.75, 3.05) is 13.1 Å². The van der Waals surface area contributed by atoms with Crippen molar-refractivity contribution in [2.45, 2.75) is 19.3 Å². The first kappa shape index (κ1) is 16.7. The topological polar surface area (TPSA) is 46.2 Å². The number of fused-ring (bicyclic) bond motifs is 1. The molecule has 1 atom stereocenters. The molecule has 0 radical (unpaired) electrons. The molecule has 0 saturated carbocycles. The number of hydrogen-bond donors (Lipinski definition) is 2. The van der Waals surface area contributed by atoms with Crippen LogP contribution in [0.5, 0.6) is 0 Å². The van der Waals surface area contributed by atoms with Crippen molar-refractivity contribution >= 4 is 33.2 Å². The van der Waals surface area contributed by atoms with E-state index >= 15 is 0 Å². The van der Waals surface area contributed by atoms with Gasteiger partial charge in [-0.1, -0.05) is 17.7 Å². The fourth-order valence-electron chi connectivity index (χ4n) is 2.86. The second-order valence-corrected chi connectivity index (χ2v) is 7.42. The lowest BCUT2D eigenvalue weighted by molar-refractivity contribution is 0.0336. The maximum Gasteiger partial charge on any atom is 0.181 e. The van der Waals surface area contributed by atoms with E-state index in [1.54, 1.807) is 6.08 Å². The van der Waals surface area contributed by atoms with Crippen LogP contribution < -0.4 is 10.6 Å². The monoisotopic (exact) mass is 377 g/mol. The van der Waals surface area contributed by atoms with Crippen molar-refractivity contribution in [1.82, 2.24) is 15.6 Å². The summed E-state index contributed by atoms with van der Waals surface area (Å²) in [5.74, 6) is -0.331.